The van der Waals surface area contributed by atoms with Crippen molar-refractivity contribution in [1.29, 1.82) is 0 Å². The molecule has 0 spiro atoms. The Kier molecular flexibility index (Phi) is 4.26. The van der Waals surface area contributed by atoms with Crippen LogP contribution in [0, 0.1) is 17.8 Å². The van der Waals surface area contributed by atoms with Gasteiger partial charge in [-0.25, -0.2) is 0 Å². The van der Waals surface area contributed by atoms with Crippen molar-refractivity contribution in [2.75, 3.05) is 13.1 Å². The summed E-state index contributed by atoms with van der Waals surface area (Å²) < 4.78 is 0. The molecule has 2 aliphatic rings. The van der Waals surface area contributed by atoms with Gasteiger partial charge >= 0.3 is 0 Å². The van der Waals surface area contributed by atoms with Crippen LogP contribution in [0.1, 0.15) is 38.5 Å². The zero-order chi connectivity index (χ0) is 12.1. The molecule has 2 fully saturated rings. The Morgan fingerprint density at radius 1 is 1.35 bits per heavy atom. The zero-order valence-electron chi connectivity index (χ0n) is 10.1. The molecule has 0 aliphatic heterocycles. The molecule has 0 radical (unpaired) electrons. The average molecular weight is 236 g/mol. The maximum absolute atomic E-state index is 11.9. The molecule has 17 heavy (non-hydrogen) atoms. The van der Waals surface area contributed by atoms with Crippen molar-refractivity contribution in [3.05, 3.63) is 10.4 Å². The Labute approximate surface area is 102 Å². The van der Waals surface area contributed by atoms with E-state index in [4.69, 9.17) is 5.53 Å². The van der Waals surface area contributed by atoms with Crippen LogP contribution in [0.25, 0.3) is 10.4 Å². The lowest BCUT2D eigenvalue weighted by molar-refractivity contribution is -0.126. The molecule has 0 saturated heterocycles. The van der Waals surface area contributed by atoms with Gasteiger partial charge in [-0.05, 0) is 49.5 Å². The largest absolute Gasteiger partial charge is 0.356 e. The number of amides is 1. The van der Waals surface area contributed by atoms with E-state index in [0.29, 0.717) is 19.0 Å². The Morgan fingerprint density at radius 2 is 2.24 bits per heavy atom. The summed E-state index contributed by atoms with van der Waals surface area (Å²) in [6.07, 6.45) is 6.71. The van der Waals surface area contributed by atoms with Gasteiger partial charge in [0.05, 0.1) is 0 Å². The van der Waals surface area contributed by atoms with Gasteiger partial charge in [-0.2, -0.15) is 0 Å². The molecule has 0 aromatic rings. The lowest BCUT2D eigenvalue weighted by Crippen LogP contribution is -2.34. The van der Waals surface area contributed by atoms with Crippen molar-refractivity contribution in [3.63, 3.8) is 0 Å². The van der Waals surface area contributed by atoms with E-state index >= 15 is 0 Å². The SMILES string of the molecule is [N-]=[N+]=NCCCCNC(=O)C1CC2CCC1C2. The van der Waals surface area contributed by atoms with Gasteiger partial charge in [0.1, 0.15) is 0 Å². The molecule has 5 nitrogen and oxygen atoms in total. The Morgan fingerprint density at radius 3 is 2.88 bits per heavy atom. The summed E-state index contributed by atoms with van der Waals surface area (Å²) in [5.74, 6) is 2.01. The highest BCUT2D eigenvalue weighted by molar-refractivity contribution is 5.79. The summed E-state index contributed by atoms with van der Waals surface area (Å²) in [5, 5.41) is 6.48. The van der Waals surface area contributed by atoms with Crippen LogP contribution in [0.2, 0.25) is 0 Å². The van der Waals surface area contributed by atoms with Crippen LogP contribution in [0.5, 0.6) is 0 Å². The second kappa shape index (κ2) is 5.92. The first-order valence-corrected chi connectivity index (χ1v) is 6.60. The van der Waals surface area contributed by atoms with Crippen molar-refractivity contribution in [2.45, 2.75) is 38.5 Å². The normalized spacial score (nSPS) is 30.0. The summed E-state index contributed by atoms with van der Waals surface area (Å²) in [6.45, 7) is 1.24. The number of hydrogen-bond acceptors (Lipinski definition) is 2. The van der Waals surface area contributed by atoms with Gasteiger partial charge in [0.25, 0.3) is 0 Å². The topological polar surface area (TPSA) is 77.9 Å². The quantitative estimate of drug-likeness (QED) is 0.327. The van der Waals surface area contributed by atoms with E-state index in [1.807, 2.05) is 0 Å². The molecule has 94 valence electrons. The van der Waals surface area contributed by atoms with E-state index in [9.17, 15) is 4.79 Å². The third-order valence-corrected chi connectivity index (χ3v) is 4.12. The second-order valence-corrected chi connectivity index (χ2v) is 5.23. The van der Waals surface area contributed by atoms with Crippen molar-refractivity contribution < 1.29 is 4.79 Å². The average Bonchev–Trinajstić information content (AvgIpc) is 2.95. The smallest absolute Gasteiger partial charge is 0.223 e. The highest BCUT2D eigenvalue weighted by Crippen LogP contribution is 2.48. The van der Waals surface area contributed by atoms with Crippen LogP contribution >= 0.6 is 0 Å². The number of nitrogens with one attached hydrogen (secondary N) is 1. The minimum absolute atomic E-state index is 0.251. The standard InChI is InChI=1S/C12H20N4O/c13-16-15-6-2-1-5-14-12(17)11-8-9-3-4-10(11)7-9/h9-11H,1-8H2,(H,14,17). The van der Waals surface area contributed by atoms with E-state index < -0.39 is 0 Å². The summed E-state index contributed by atoms with van der Waals surface area (Å²) in [5.41, 5.74) is 8.10. The third-order valence-electron chi connectivity index (χ3n) is 4.12. The highest BCUT2D eigenvalue weighted by atomic mass is 16.1. The molecule has 1 N–H and O–H groups in total. The van der Waals surface area contributed by atoms with Crippen LogP contribution in [0.4, 0.5) is 0 Å². The van der Waals surface area contributed by atoms with Crippen molar-refractivity contribution >= 4 is 5.91 Å². The predicted molar refractivity (Wildman–Crippen MR) is 65.2 cm³/mol. The van der Waals surface area contributed by atoms with Gasteiger partial charge in [0.15, 0.2) is 0 Å². The fraction of sp³-hybridized carbons (Fsp3) is 0.917. The number of nitrogens with zero attached hydrogens (tertiary/aromatic N) is 3. The predicted octanol–water partition coefficient (Wildman–Crippen LogP) is 2.63. The van der Waals surface area contributed by atoms with Crippen LogP contribution in [0.15, 0.2) is 5.11 Å². The van der Waals surface area contributed by atoms with Gasteiger partial charge in [0, 0.05) is 23.9 Å². The van der Waals surface area contributed by atoms with Crippen molar-refractivity contribution in [1.82, 2.24) is 5.32 Å². The van der Waals surface area contributed by atoms with Crippen LogP contribution in [0.3, 0.4) is 0 Å². The molecular formula is C12H20N4O. The number of fused-ring (bicyclic) bond motifs is 2. The van der Waals surface area contributed by atoms with Gasteiger partial charge < -0.3 is 5.32 Å². The monoisotopic (exact) mass is 236 g/mol. The number of rotatable bonds is 6. The first-order valence-electron chi connectivity index (χ1n) is 6.60. The highest BCUT2D eigenvalue weighted by Gasteiger charge is 2.42. The fourth-order valence-corrected chi connectivity index (χ4v) is 3.26. The minimum atomic E-state index is 0.251. The van der Waals surface area contributed by atoms with Gasteiger partial charge in [-0.3, -0.25) is 4.79 Å². The molecule has 0 aromatic carbocycles. The van der Waals surface area contributed by atoms with Crippen molar-refractivity contribution in [3.8, 4) is 0 Å². The van der Waals surface area contributed by atoms with Gasteiger partial charge in [0.2, 0.25) is 5.91 Å². The third kappa shape index (κ3) is 3.13. The summed E-state index contributed by atoms with van der Waals surface area (Å²) >= 11 is 0. The van der Waals surface area contributed by atoms with E-state index in [2.05, 4.69) is 15.3 Å². The molecule has 1 amide bonds. The van der Waals surface area contributed by atoms with Crippen LogP contribution in [-0.4, -0.2) is 19.0 Å². The first-order chi connectivity index (χ1) is 8.31. The van der Waals surface area contributed by atoms with E-state index in [0.717, 1.165) is 25.2 Å². The molecule has 3 atom stereocenters. The molecule has 2 saturated carbocycles. The van der Waals surface area contributed by atoms with Gasteiger partial charge in [-0.15, -0.1) is 0 Å². The Bertz CT molecular complexity index is 324. The molecule has 0 aromatic heterocycles. The molecule has 2 bridgehead atoms. The Hall–Kier alpha value is -1.22. The molecule has 3 unspecified atom stereocenters. The Balaban J connectivity index is 1.60. The second-order valence-electron chi connectivity index (χ2n) is 5.23. The molecule has 0 heterocycles. The summed E-state index contributed by atoms with van der Waals surface area (Å²) in [6, 6.07) is 0. The van der Waals surface area contributed by atoms with E-state index in [1.165, 1.54) is 19.3 Å². The summed E-state index contributed by atoms with van der Waals surface area (Å²) in [4.78, 5) is 14.6. The number of azide groups is 1. The zero-order valence-corrected chi connectivity index (χ0v) is 10.1. The lowest BCUT2D eigenvalue weighted by atomic mass is 9.88. The maximum Gasteiger partial charge on any atom is 0.223 e. The number of hydrogen-bond donors (Lipinski definition) is 1. The van der Waals surface area contributed by atoms with Crippen LogP contribution in [-0.2, 0) is 4.79 Å². The molecule has 5 heteroatoms. The fourth-order valence-electron chi connectivity index (χ4n) is 3.26. The number of carbonyl (C=O) groups is 1. The molecule has 2 rings (SSSR count). The maximum atomic E-state index is 11.9. The molecular weight excluding hydrogens is 216 g/mol. The van der Waals surface area contributed by atoms with E-state index in [1.54, 1.807) is 0 Å². The summed E-state index contributed by atoms with van der Waals surface area (Å²) in [7, 11) is 0. The minimum Gasteiger partial charge on any atom is -0.356 e. The van der Waals surface area contributed by atoms with Crippen LogP contribution < -0.4 is 5.32 Å². The van der Waals surface area contributed by atoms with E-state index in [-0.39, 0.29) is 11.8 Å². The lowest BCUT2D eigenvalue weighted by Gasteiger charge is -2.20. The molecule has 2 aliphatic carbocycles. The van der Waals surface area contributed by atoms with Crippen molar-refractivity contribution in [2.24, 2.45) is 22.9 Å². The number of unbranched alkanes of at least 4 members (excludes halogenated alkanes) is 1. The van der Waals surface area contributed by atoms with Gasteiger partial charge in [-0.1, -0.05) is 11.5 Å². The number of carbonyl (C=O) groups excluding carboxylic acids is 1. The first kappa shape index (κ1) is 12.2.